The van der Waals surface area contributed by atoms with Crippen molar-refractivity contribution in [2.75, 3.05) is 0 Å². The number of hydrogen-bond acceptors (Lipinski definition) is 6. The quantitative estimate of drug-likeness (QED) is 0.369. The van der Waals surface area contributed by atoms with E-state index in [9.17, 15) is 25.0 Å². The van der Waals surface area contributed by atoms with Crippen LogP contribution in [0.15, 0.2) is 42.5 Å². The molecule has 112 valence electrons. The molecule has 0 radical (unpaired) electrons. The molecule has 2 aromatic rings. The Balaban J connectivity index is 2.18. The van der Waals surface area contributed by atoms with E-state index < -0.39 is 15.8 Å². The lowest BCUT2D eigenvalue weighted by atomic mass is 10.2. The van der Waals surface area contributed by atoms with Gasteiger partial charge in [0.15, 0.2) is 0 Å². The highest BCUT2D eigenvalue weighted by molar-refractivity contribution is 6.33. The molecule has 2 aromatic carbocycles. The maximum Gasteiger partial charge on any atom is 0.345 e. The number of nitrogens with zero attached hydrogens (tertiary/aromatic N) is 2. The first-order chi connectivity index (χ1) is 10.4. The van der Waals surface area contributed by atoms with Gasteiger partial charge in [0.1, 0.15) is 5.75 Å². The molecule has 0 aliphatic rings. The molecule has 0 aliphatic carbocycles. The summed E-state index contributed by atoms with van der Waals surface area (Å²) in [6, 6.07) is 8.21. The number of hydrogen-bond donors (Lipinski definition) is 0. The average Bonchev–Trinajstić information content (AvgIpc) is 2.47. The van der Waals surface area contributed by atoms with E-state index in [-0.39, 0.29) is 27.7 Å². The van der Waals surface area contributed by atoms with Crippen molar-refractivity contribution in [3.05, 3.63) is 73.3 Å². The van der Waals surface area contributed by atoms with Gasteiger partial charge in [0, 0.05) is 24.3 Å². The summed E-state index contributed by atoms with van der Waals surface area (Å²) in [4.78, 5) is 31.8. The van der Waals surface area contributed by atoms with E-state index in [1.807, 2.05) is 0 Å². The fraction of sp³-hybridized carbons (Fsp3) is 0. The molecule has 0 aromatic heterocycles. The van der Waals surface area contributed by atoms with Gasteiger partial charge in [0.25, 0.3) is 11.4 Å². The predicted molar refractivity (Wildman–Crippen MR) is 76.2 cm³/mol. The summed E-state index contributed by atoms with van der Waals surface area (Å²) in [6.07, 6.45) is 0. The Hall–Kier alpha value is -3.00. The standard InChI is InChI=1S/C13H7ClN2O6/c14-12-7-9(16(20)21)3-6-11(12)13(17)22-10-4-1-8(2-5-10)15(18)19/h1-7H. The zero-order valence-corrected chi connectivity index (χ0v) is 11.5. The number of nitro groups is 2. The van der Waals surface area contributed by atoms with Crippen molar-refractivity contribution < 1.29 is 19.4 Å². The molecule has 0 N–H and O–H groups in total. The van der Waals surface area contributed by atoms with Crippen LogP contribution in [0.1, 0.15) is 10.4 Å². The summed E-state index contributed by atoms with van der Waals surface area (Å²) in [5.41, 5.74) is -0.448. The van der Waals surface area contributed by atoms with E-state index in [1.54, 1.807) is 0 Å². The van der Waals surface area contributed by atoms with Gasteiger partial charge in [-0.3, -0.25) is 20.2 Å². The van der Waals surface area contributed by atoms with Gasteiger partial charge in [-0.15, -0.1) is 0 Å². The number of carbonyl (C=O) groups excluding carboxylic acids is 1. The van der Waals surface area contributed by atoms with E-state index in [0.29, 0.717) is 0 Å². The molecule has 0 atom stereocenters. The van der Waals surface area contributed by atoms with Crippen LogP contribution >= 0.6 is 11.6 Å². The Bertz CT molecular complexity index is 760. The van der Waals surface area contributed by atoms with Crippen molar-refractivity contribution >= 4 is 28.9 Å². The average molecular weight is 323 g/mol. The van der Waals surface area contributed by atoms with E-state index in [4.69, 9.17) is 16.3 Å². The Morgan fingerprint density at radius 2 is 1.50 bits per heavy atom. The van der Waals surface area contributed by atoms with Gasteiger partial charge in [-0.2, -0.15) is 0 Å². The summed E-state index contributed by atoms with van der Waals surface area (Å²) < 4.78 is 5.00. The Morgan fingerprint density at radius 1 is 0.955 bits per heavy atom. The minimum absolute atomic E-state index is 0.0504. The molecule has 0 spiro atoms. The number of non-ortho nitro benzene ring substituents is 2. The van der Waals surface area contributed by atoms with Gasteiger partial charge in [0.05, 0.1) is 20.4 Å². The number of nitro benzene ring substituents is 2. The Kier molecular flexibility index (Phi) is 4.33. The third-order valence-corrected chi connectivity index (χ3v) is 2.95. The summed E-state index contributed by atoms with van der Waals surface area (Å²) in [6.45, 7) is 0. The fourth-order valence-electron chi connectivity index (χ4n) is 1.58. The van der Waals surface area contributed by atoms with Crippen molar-refractivity contribution in [1.29, 1.82) is 0 Å². The van der Waals surface area contributed by atoms with Crippen molar-refractivity contribution in [1.82, 2.24) is 0 Å². The SMILES string of the molecule is O=C(Oc1ccc([N+](=O)[O-])cc1)c1ccc([N+](=O)[O-])cc1Cl. The summed E-state index contributed by atoms with van der Waals surface area (Å²) in [5, 5.41) is 21.0. The predicted octanol–water partition coefficient (Wildman–Crippen LogP) is 3.38. The molecule has 0 fully saturated rings. The highest BCUT2D eigenvalue weighted by Crippen LogP contribution is 2.24. The largest absolute Gasteiger partial charge is 0.423 e. The van der Waals surface area contributed by atoms with Crippen LogP contribution in [0.2, 0.25) is 5.02 Å². The van der Waals surface area contributed by atoms with Crippen LogP contribution in [0.5, 0.6) is 5.75 Å². The van der Waals surface area contributed by atoms with Crippen LogP contribution < -0.4 is 4.74 Å². The van der Waals surface area contributed by atoms with E-state index in [2.05, 4.69) is 0 Å². The second-order valence-corrected chi connectivity index (χ2v) is 4.47. The lowest BCUT2D eigenvalue weighted by Gasteiger charge is -2.05. The second kappa shape index (κ2) is 6.19. The van der Waals surface area contributed by atoms with Crippen LogP contribution in [0.4, 0.5) is 11.4 Å². The molecular weight excluding hydrogens is 316 g/mol. The summed E-state index contributed by atoms with van der Waals surface area (Å²) >= 11 is 5.81. The van der Waals surface area contributed by atoms with Gasteiger partial charge in [-0.05, 0) is 18.2 Å². The van der Waals surface area contributed by atoms with Crippen molar-refractivity contribution in [3.63, 3.8) is 0 Å². The van der Waals surface area contributed by atoms with Gasteiger partial charge >= 0.3 is 5.97 Å². The van der Waals surface area contributed by atoms with Gasteiger partial charge in [0.2, 0.25) is 0 Å². The first kappa shape index (κ1) is 15.4. The first-order valence-electron chi connectivity index (χ1n) is 5.79. The molecule has 22 heavy (non-hydrogen) atoms. The van der Waals surface area contributed by atoms with Crippen molar-refractivity contribution in [2.45, 2.75) is 0 Å². The minimum Gasteiger partial charge on any atom is -0.423 e. The van der Waals surface area contributed by atoms with Crippen LogP contribution in [0.25, 0.3) is 0 Å². The zero-order valence-electron chi connectivity index (χ0n) is 10.8. The molecule has 9 heteroatoms. The number of esters is 1. The topological polar surface area (TPSA) is 113 Å². The molecule has 0 amide bonds. The van der Waals surface area contributed by atoms with Crippen molar-refractivity contribution in [2.24, 2.45) is 0 Å². The Labute approximate surface area is 128 Å². The second-order valence-electron chi connectivity index (χ2n) is 4.06. The van der Waals surface area contributed by atoms with E-state index in [1.165, 1.54) is 30.3 Å². The van der Waals surface area contributed by atoms with Crippen LogP contribution in [0.3, 0.4) is 0 Å². The molecule has 2 rings (SSSR count). The third kappa shape index (κ3) is 3.36. The van der Waals surface area contributed by atoms with Crippen LogP contribution in [0, 0.1) is 20.2 Å². The zero-order chi connectivity index (χ0) is 16.3. The molecule has 0 saturated heterocycles. The van der Waals surface area contributed by atoms with E-state index >= 15 is 0 Å². The lowest BCUT2D eigenvalue weighted by molar-refractivity contribution is -0.385. The lowest BCUT2D eigenvalue weighted by Crippen LogP contribution is -2.09. The van der Waals surface area contributed by atoms with E-state index in [0.717, 1.165) is 12.1 Å². The number of ether oxygens (including phenoxy) is 1. The molecule has 0 heterocycles. The molecule has 8 nitrogen and oxygen atoms in total. The first-order valence-corrected chi connectivity index (χ1v) is 6.17. The number of halogens is 1. The molecule has 0 saturated carbocycles. The highest BCUT2D eigenvalue weighted by Gasteiger charge is 2.17. The normalized spacial score (nSPS) is 10.0. The monoisotopic (exact) mass is 322 g/mol. The van der Waals surface area contributed by atoms with Crippen LogP contribution in [-0.2, 0) is 0 Å². The fourth-order valence-corrected chi connectivity index (χ4v) is 1.83. The maximum atomic E-state index is 11.9. The van der Waals surface area contributed by atoms with Crippen molar-refractivity contribution in [3.8, 4) is 5.75 Å². The Morgan fingerprint density at radius 3 is 2.00 bits per heavy atom. The van der Waals surface area contributed by atoms with Gasteiger partial charge < -0.3 is 4.74 Å². The summed E-state index contributed by atoms with van der Waals surface area (Å²) in [7, 11) is 0. The smallest absolute Gasteiger partial charge is 0.345 e. The molecule has 0 bridgehead atoms. The minimum atomic E-state index is -0.825. The highest BCUT2D eigenvalue weighted by atomic mass is 35.5. The number of benzene rings is 2. The third-order valence-electron chi connectivity index (χ3n) is 2.64. The number of rotatable bonds is 4. The van der Waals surface area contributed by atoms with Gasteiger partial charge in [-0.1, -0.05) is 11.6 Å². The number of carbonyl (C=O) groups is 1. The van der Waals surface area contributed by atoms with Crippen LogP contribution in [-0.4, -0.2) is 15.8 Å². The summed E-state index contributed by atoms with van der Waals surface area (Å²) in [5.74, 6) is -0.737. The molecular formula is C13H7ClN2O6. The molecule has 0 aliphatic heterocycles. The maximum absolute atomic E-state index is 11.9. The molecule has 0 unspecified atom stereocenters. The van der Waals surface area contributed by atoms with Gasteiger partial charge in [-0.25, -0.2) is 4.79 Å².